The van der Waals surface area contributed by atoms with Gasteiger partial charge in [0.1, 0.15) is 11.5 Å². The van der Waals surface area contributed by atoms with Gasteiger partial charge in [-0.2, -0.15) is 4.98 Å². The third kappa shape index (κ3) is 4.55. The van der Waals surface area contributed by atoms with Crippen molar-refractivity contribution in [3.05, 3.63) is 45.1 Å². The van der Waals surface area contributed by atoms with Gasteiger partial charge in [-0.25, -0.2) is 4.98 Å². The maximum Gasteiger partial charge on any atom is 0.292 e. The molecule has 3 rings (SSSR count). The van der Waals surface area contributed by atoms with E-state index in [1.165, 1.54) is 18.2 Å². The zero-order valence-electron chi connectivity index (χ0n) is 13.4. The van der Waals surface area contributed by atoms with E-state index in [4.69, 9.17) is 16.7 Å². The van der Waals surface area contributed by atoms with Crippen LogP contribution in [0, 0.1) is 10.1 Å². The van der Waals surface area contributed by atoms with Crippen LogP contribution in [0.25, 0.3) is 0 Å². The van der Waals surface area contributed by atoms with Crippen LogP contribution in [0.4, 0.5) is 23.1 Å². The quantitative estimate of drug-likeness (QED) is 0.374. The number of aliphatic hydroxyl groups excluding tert-OH is 1. The lowest BCUT2D eigenvalue weighted by Gasteiger charge is -2.11. The molecular formula is C16H18ClN5O3. The molecule has 1 heterocycles. The SMILES string of the molecule is O=[N+]([O-])c1ccc(Cl)cc1Nc1cc(C2CC2)nc(NCCCO)n1. The van der Waals surface area contributed by atoms with E-state index in [0.29, 0.717) is 35.7 Å². The largest absolute Gasteiger partial charge is 0.396 e. The summed E-state index contributed by atoms with van der Waals surface area (Å²) in [6.07, 6.45) is 2.73. The number of hydrogen-bond acceptors (Lipinski definition) is 7. The number of anilines is 3. The van der Waals surface area contributed by atoms with Crippen molar-refractivity contribution in [1.29, 1.82) is 0 Å². The molecule has 0 atom stereocenters. The van der Waals surface area contributed by atoms with Crippen LogP contribution >= 0.6 is 11.6 Å². The van der Waals surface area contributed by atoms with Crippen molar-refractivity contribution in [1.82, 2.24) is 9.97 Å². The second kappa shape index (κ2) is 7.62. The lowest BCUT2D eigenvalue weighted by molar-refractivity contribution is -0.383. The Morgan fingerprint density at radius 2 is 2.12 bits per heavy atom. The maximum absolute atomic E-state index is 11.2. The highest BCUT2D eigenvalue weighted by atomic mass is 35.5. The predicted molar refractivity (Wildman–Crippen MR) is 95.6 cm³/mol. The fraction of sp³-hybridized carbons (Fsp3) is 0.375. The summed E-state index contributed by atoms with van der Waals surface area (Å²) in [5, 5.41) is 26.5. The lowest BCUT2D eigenvalue weighted by Crippen LogP contribution is -2.09. The molecule has 3 N–H and O–H groups in total. The predicted octanol–water partition coefficient (Wildman–Crippen LogP) is 3.45. The molecule has 1 saturated carbocycles. The van der Waals surface area contributed by atoms with Gasteiger partial charge in [0.05, 0.1) is 10.6 Å². The monoisotopic (exact) mass is 363 g/mol. The average molecular weight is 364 g/mol. The van der Waals surface area contributed by atoms with E-state index in [1.807, 2.05) is 0 Å². The molecule has 0 saturated heterocycles. The van der Waals surface area contributed by atoms with Crippen molar-refractivity contribution in [2.75, 3.05) is 23.8 Å². The Kier molecular flexibility index (Phi) is 5.30. The van der Waals surface area contributed by atoms with Crippen molar-refractivity contribution >= 4 is 34.7 Å². The molecule has 0 radical (unpaired) electrons. The van der Waals surface area contributed by atoms with Gasteiger partial charge in [-0.3, -0.25) is 10.1 Å². The molecule has 1 aromatic heterocycles. The highest BCUT2D eigenvalue weighted by molar-refractivity contribution is 6.31. The van der Waals surface area contributed by atoms with E-state index >= 15 is 0 Å². The first-order chi connectivity index (χ1) is 12.1. The van der Waals surface area contributed by atoms with Crippen molar-refractivity contribution < 1.29 is 10.0 Å². The molecule has 0 aliphatic heterocycles. The molecule has 1 aromatic carbocycles. The Bertz CT molecular complexity index is 782. The summed E-state index contributed by atoms with van der Waals surface area (Å²) in [6, 6.07) is 6.13. The third-order valence-corrected chi connectivity index (χ3v) is 4.01. The smallest absolute Gasteiger partial charge is 0.292 e. The molecule has 0 unspecified atom stereocenters. The number of nitrogens with one attached hydrogen (secondary N) is 2. The summed E-state index contributed by atoms with van der Waals surface area (Å²) in [6.45, 7) is 0.622. The number of benzene rings is 1. The highest BCUT2D eigenvalue weighted by Gasteiger charge is 2.26. The van der Waals surface area contributed by atoms with Crippen LogP contribution in [0.1, 0.15) is 30.9 Å². The summed E-state index contributed by atoms with van der Waals surface area (Å²) in [5.74, 6) is 1.30. The summed E-state index contributed by atoms with van der Waals surface area (Å²) in [5.41, 5.74) is 1.10. The van der Waals surface area contributed by atoms with Crippen LogP contribution < -0.4 is 10.6 Å². The molecule has 132 valence electrons. The number of hydrogen-bond donors (Lipinski definition) is 3. The van der Waals surface area contributed by atoms with Crippen molar-refractivity contribution in [2.24, 2.45) is 0 Å². The zero-order valence-corrected chi connectivity index (χ0v) is 14.2. The van der Waals surface area contributed by atoms with Gasteiger partial charge in [-0.1, -0.05) is 11.6 Å². The number of halogens is 1. The van der Waals surface area contributed by atoms with Gasteiger partial charge in [0, 0.05) is 36.2 Å². The zero-order chi connectivity index (χ0) is 17.8. The Balaban J connectivity index is 1.88. The molecule has 1 aliphatic carbocycles. The Labute approximate surface area is 149 Å². The maximum atomic E-state index is 11.2. The first-order valence-corrected chi connectivity index (χ1v) is 8.39. The van der Waals surface area contributed by atoms with Gasteiger partial charge < -0.3 is 15.7 Å². The van der Waals surface area contributed by atoms with Crippen LogP contribution in [-0.2, 0) is 0 Å². The average Bonchev–Trinajstić information content (AvgIpc) is 3.39. The van der Waals surface area contributed by atoms with Crippen molar-refractivity contribution in [3.63, 3.8) is 0 Å². The Morgan fingerprint density at radius 1 is 1.32 bits per heavy atom. The number of aromatic nitrogens is 2. The second-order valence-corrected chi connectivity index (χ2v) is 6.26. The standard InChI is InChI=1S/C16H18ClN5O3/c17-11-4-5-14(22(24)25)13(8-11)19-15-9-12(10-2-3-10)20-16(21-15)18-6-1-7-23/h4-5,8-10,23H,1-3,6-7H2,(H2,18,19,20,21). The number of aliphatic hydroxyl groups is 1. The molecule has 8 nitrogen and oxygen atoms in total. The summed E-state index contributed by atoms with van der Waals surface area (Å²) < 4.78 is 0. The fourth-order valence-corrected chi connectivity index (χ4v) is 2.55. The van der Waals surface area contributed by atoms with Crippen LogP contribution in [-0.4, -0.2) is 33.1 Å². The van der Waals surface area contributed by atoms with Crippen molar-refractivity contribution in [3.8, 4) is 0 Å². The van der Waals surface area contributed by atoms with Gasteiger partial charge in [-0.05, 0) is 31.4 Å². The van der Waals surface area contributed by atoms with E-state index in [1.54, 1.807) is 6.07 Å². The van der Waals surface area contributed by atoms with E-state index < -0.39 is 4.92 Å². The number of nitro groups is 1. The van der Waals surface area contributed by atoms with E-state index in [9.17, 15) is 10.1 Å². The summed E-state index contributed by atoms with van der Waals surface area (Å²) in [4.78, 5) is 19.6. The lowest BCUT2D eigenvalue weighted by atomic mass is 10.2. The van der Waals surface area contributed by atoms with Gasteiger partial charge in [0.15, 0.2) is 0 Å². The highest BCUT2D eigenvalue weighted by Crippen LogP contribution is 2.40. The van der Waals surface area contributed by atoms with Crippen LogP contribution in [0.15, 0.2) is 24.3 Å². The van der Waals surface area contributed by atoms with Gasteiger partial charge >= 0.3 is 0 Å². The number of rotatable bonds is 8. The number of nitro benzene ring substituents is 1. The minimum Gasteiger partial charge on any atom is -0.396 e. The minimum atomic E-state index is -0.470. The van der Waals surface area contributed by atoms with E-state index in [-0.39, 0.29) is 18.0 Å². The normalized spacial score (nSPS) is 13.5. The van der Waals surface area contributed by atoms with Gasteiger partial charge in [0.25, 0.3) is 5.69 Å². The molecule has 1 fully saturated rings. The van der Waals surface area contributed by atoms with Gasteiger partial charge in [0.2, 0.25) is 5.95 Å². The summed E-state index contributed by atoms with van der Waals surface area (Å²) in [7, 11) is 0. The molecule has 2 aromatic rings. The minimum absolute atomic E-state index is 0.0780. The molecule has 1 aliphatic rings. The van der Waals surface area contributed by atoms with Crippen LogP contribution in [0.5, 0.6) is 0 Å². The molecule has 0 spiro atoms. The van der Waals surface area contributed by atoms with Crippen LogP contribution in [0.3, 0.4) is 0 Å². The Hall–Kier alpha value is -2.45. The first kappa shape index (κ1) is 17.4. The topological polar surface area (TPSA) is 113 Å². The fourth-order valence-electron chi connectivity index (χ4n) is 2.38. The van der Waals surface area contributed by atoms with Crippen molar-refractivity contribution in [2.45, 2.75) is 25.2 Å². The molecule has 9 heteroatoms. The second-order valence-electron chi connectivity index (χ2n) is 5.82. The number of nitrogens with zero attached hydrogens (tertiary/aromatic N) is 3. The molecule has 25 heavy (non-hydrogen) atoms. The van der Waals surface area contributed by atoms with Crippen LogP contribution in [0.2, 0.25) is 5.02 Å². The van der Waals surface area contributed by atoms with Gasteiger partial charge in [-0.15, -0.1) is 0 Å². The van der Waals surface area contributed by atoms with E-state index in [0.717, 1.165) is 18.5 Å². The Morgan fingerprint density at radius 3 is 2.80 bits per heavy atom. The summed E-state index contributed by atoms with van der Waals surface area (Å²) >= 11 is 5.96. The van der Waals surface area contributed by atoms with E-state index in [2.05, 4.69) is 20.6 Å². The molecule has 0 bridgehead atoms. The molecule has 0 amide bonds. The molecular weight excluding hydrogens is 346 g/mol. The first-order valence-electron chi connectivity index (χ1n) is 8.01. The third-order valence-electron chi connectivity index (χ3n) is 3.78.